The van der Waals surface area contributed by atoms with Crippen LogP contribution in [-0.2, 0) is 0 Å². The van der Waals surface area contributed by atoms with Crippen molar-refractivity contribution >= 4 is 39.1 Å². The van der Waals surface area contributed by atoms with Crippen molar-refractivity contribution in [3.63, 3.8) is 0 Å². The van der Waals surface area contributed by atoms with E-state index in [4.69, 9.17) is 16.1 Å². The fourth-order valence-corrected chi connectivity index (χ4v) is 2.48. The molecule has 6 nitrogen and oxygen atoms in total. The van der Waals surface area contributed by atoms with Gasteiger partial charge in [-0.25, -0.2) is 0 Å². The first-order valence-corrected chi connectivity index (χ1v) is 7.86. The molecule has 8 heteroatoms. The van der Waals surface area contributed by atoms with E-state index in [2.05, 4.69) is 26.4 Å². The summed E-state index contributed by atoms with van der Waals surface area (Å²) in [7, 11) is 0. The lowest BCUT2D eigenvalue weighted by Gasteiger charge is -2.07. The molecule has 24 heavy (non-hydrogen) atoms. The fourth-order valence-electron chi connectivity index (χ4n) is 2.05. The number of benzene rings is 2. The van der Waals surface area contributed by atoms with Gasteiger partial charge in [-0.3, -0.25) is 4.79 Å². The molecule has 0 fully saturated rings. The van der Waals surface area contributed by atoms with Gasteiger partial charge < -0.3 is 20.1 Å². The molecule has 3 N–H and O–H groups in total. The van der Waals surface area contributed by atoms with Gasteiger partial charge in [-0.2, -0.15) is 0 Å². The maximum absolute atomic E-state index is 12.3. The van der Waals surface area contributed by atoms with Crippen LogP contribution in [0.2, 0.25) is 5.02 Å². The van der Waals surface area contributed by atoms with Crippen molar-refractivity contribution in [2.75, 3.05) is 5.32 Å². The molecule has 1 aromatic heterocycles. The first kappa shape index (κ1) is 16.4. The number of halogens is 2. The Hall–Kier alpha value is -2.51. The second kappa shape index (κ2) is 6.54. The lowest BCUT2D eigenvalue weighted by molar-refractivity contribution is 0.102. The number of nitrogens with one attached hydrogen (secondary N) is 1. The number of nitrogens with zero attached hydrogens (tertiary/aromatic N) is 1. The van der Waals surface area contributed by atoms with Crippen molar-refractivity contribution in [1.82, 2.24) is 5.16 Å². The molecule has 1 amide bonds. The molecule has 1 heterocycles. The zero-order valence-electron chi connectivity index (χ0n) is 12.0. The van der Waals surface area contributed by atoms with Crippen LogP contribution >= 0.6 is 27.5 Å². The number of hydrogen-bond acceptors (Lipinski definition) is 5. The summed E-state index contributed by atoms with van der Waals surface area (Å²) in [6, 6.07) is 9.20. The van der Waals surface area contributed by atoms with Crippen LogP contribution in [0.5, 0.6) is 11.5 Å². The van der Waals surface area contributed by atoms with Crippen LogP contribution in [0.25, 0.3) is 11.3 Å². The van der Waals surface area contributed by atoms with E-state index >= 15 is 0 Å². The molecule has 0 spiro atoms. The monoisotopic (exact) mass is 408 g/mol. The van der Waals surface area contributed by atoms with Gasteiger partial charge in [-0.15, -0.1) is 0 Å². The molecular formula is C16H10BrClN2O4. The summed E-state index contributed by atoms with van der Waals surface area (Å²) in [6.45, 7) is 0. The third-order valence-corrected chi connectivity index (χ3v) is 4.07. The summed E-state index contributed by atoms with van der Waals surface area (Å²) >= 11 is 9.16. The summed E-state index contributed by atoms with van der Waals surface area (Å²) in [6.07, 6.45) is 1.31. The number of rotatable bonds is 3. The largest absolute Gasteiger partial charge is 0.507 e. The van der Waals surface area contributed by atoms with Crippen molar-refractivity contribution in [3.05, 3.63) is 57.7 Å². The number of phenols is 2. The Balaban J connectivity index is 1.92. The molecule has 0 atom stereocenters. The van der Waals surface area contributed by atoms with E-state index in [9.17, 15) is 15.0 Å². The maximum atomic E-state index is 12.3. The van der Waals surface area contributed by atoms with E-state index in [-0.39, 0.29) is 39.4 Å². The number of amides is 1. The lowest BCUT2D eigenvalue weighted by Crippen LogP contribution is -2.11. The van der Waals surface area contributed by atoms with Crippen molar-refractivity contribution < 1.29 is 19.5 Å². The normalized spacial score (nSPS) is 10.6. The van der Waals surface area contributed by atoms with Gasteiger partial charge in [0.1, 0.15) is 17.2 Å². The first-order chi connectivity index (χ1) is 11.5. The van der Waals surface area contributed by atoms with Gasteiger partial charge in [0.15, 0.2) is 5.76 Å². The Bertz CT molecular complexity index is 909. The van der Waals surface area contributed by atoms with Crippen LogP contribution in [-0.4, -0.2) is 21.3 Å². The Morgan fingerprint density at radius 3 is 2.58 bits per heavy atom. The smallest absolute Gasteiger partial charge is 0.255 e. The number of aromatic nitrogens is 1. The number of phenolic OH excluding ortho intramolecular Hbond substituents is 2. The van der Waals surface area contributed by atoms with E-state index < -0.39 is 0 Å². The van der Waals surface area contributed by atoms with Crippen LogP contribution in [0.15, 0.2) is 51.6 Å². The van der Waals surface area contributed by atoms with Gasteiger partial charge in [-0.05, 0) is 30.3 Å². The number of carbonyl (C=O) groups is 1. The highest BCUT2D eigenvalue weighted by Gasteiger charge is 2.19. The highest BCUT2D eigenvalue weighted by atomic mass is 79.9. The molecule has 0 saturated heterocycles. The van der Waals surface area contributed by atoms with Crippen LogP contribution in [0.1, 0.15) is 10.4 Å². The summed E-state index contributed by atoms with van der Waals surface area (Å²) in [5, 5.41) is 25.8. The topological polar surface area (TPSA) is 95.6 Å². The predicted octanol–water partition coefficient (Wildman–Crippen LogP) is 4.42. The number of hydrogen-bond donors (Lipinski definition) is 3. The van der Waals surface area contributed by atoms with E-state index in [0.29, 0.717) is 5.56 Å². The minimum Gasteiger partial charge on any atom is -0.507 e. The zero-order valence-corrected chi connectivity index (χ0v) is 14.3. The summed E-state index contributed by atoms with van der Waals surface area (Å²) in [5.74, 6) is -0.762. The number of carbonyl (C=O) groups excluding carboxylic acids is 1. The van der Waals surface area contributed by atoms with E-state index in [0.717, 1.165) is 10.5 Å². The van der Waals surface area contributed by atoms with Crippen LogP contribution < -0.4 is 5.32 Å². The van der Waals surface area contributed by atoms with E-state index in [1.165, 1.54) is 12.3 Å². The molecule has 0 aliphatic heterocycles. The van der Waals surface area contributed by atoms with Crippen molar-refractivity contribution in [3.8, 4) is 22.8 Å². The van der Waals surface area contributed by atoms with E-state index in [1.807, 2.05) is 0 Å². The highest BCUT2D eigenvalue weighted by Crippen LogP contribution is 2.40. The molecule has 122 valence electrons. The quantitative estimate of drug-likeness (QED) is 0.595. The van der Waals surface area contributed by atoms with Gasteiger partial charge in [0.2, 0.25) is 0 Å². The molecule has 2 aromatic carbocycles. The molecule has 0 aliphatic rings. The zero-order chi connectivity index (χ0) is 17.3. The van der Waals surface area contributed by atoms with Gasteiger partial charge in [0.05, 0.1) is 16.8 Å². The molecule has 0 aliphatic carbocycles. The van der Waals surface area contributed by atoms with Crippen LogP contribution in [0.4, 0.5) is 5.69 Å². The maximum Gasteiger partial charge on any atom is 0.255 e. The lowest BCUT2D eigenvalue weighted by atomic mass is 10.1. The average Bonchev–Trinajstić information content (AvgIpc) is 2.99. The summed E-state index contributed by atoms with van der Waals surface area (Å²) < 4.78 is 5.96. The minimum absolute atomic E-state index is 0.0318. The molecule has 0 unspecified atom stereocenters. The van der Waals surface area contributed by atoms with Crippen molar-refractivity contribution in [2.45, 2.75) is 0 Å². The molecule has 0 radical (unpaired) electrons. The van der Waals surface area contributed by atoms with Gasteiger partial charge >= 0.3 is 0 Å². The second-order valence-corrected chi connectivity index (χ2v) is 6.17. The molecular weight excluding hydrogens is 400 g/mol. The van der Waals surface area contributed by atoms with Crippen LogP contribution in [0.3, 0.4) is 0 Å². The Morgan fingerprint density at radius 1 is 1.17 bits per heavy atom. The third kappa shape index (κ3) is 3.22. The molecule has 0 bridgehead atoms. The summed E-state index contributed by atoms with van der Waals surface area (Å²) in [5.41, 5.74) is 0.902. The van der Waals surface area contributed by atoms with Crippen molar-refractivity contribution in [1.29, 1.82) is 0 Å². The fraction of sp³-hybridized carbons (Fsp3) is 0. The van der Waals surface area contributed by atoms with Crippen LogP contribution in [0, 0.1) is 0 Å². The van der Waals surface area contributed by atoms with Gasteiger partial charge in [0, 0.05) is 16.1 Å². The molecule has 3 aromatic rings. The molecule has 3 rings (SSSR count). The minimum atomic E-state index is -0.365. The Morgan fingerprint density at radius 2 is 1.88 bits per heavy atom. The summed E-state index contributed by atoms with van der Waals surface area (Å²) in [4.78, 5) is 12.3. The predicted molar refractivity (Wildman–Crippen MR) is 92.4 cm³/mol. The molecule has 0 saturated carbocycles. The first-order valence-electron chi connectivity index (χ1n) is 6.69. The van der Waals surface area contributed by atoms with E-state index in [1.54, 1.807) is 24.3 Å². The Kier molecular flexibility index (Phi) is 4.46. The second-order valence-electron chi connectivity index (χ2n) is 4.85. The number of anilines is 1. The van der Waals surface area contributed by atoms with Crippen molar-refractivity contribution in [2.24, 2.45) is 0 Å². The van der Waals surface area contributed by atoms with Gasteiger partial charge in [0.25, 0.3) is 5.91 Å². The standard InChI is InChI=1S/C16H10BrClN2O4/c17-9-3-1-8(2-4-9)16(23)20-12-7-19-24-15(12)10-5-11(18)14(22)6-13(10)21/h1-7,21-22H,(H,20,23). The SMILES string of the molecule is O=C(Nc1cnoc1-c1cc(Cl)c(O)cc1O)c1ccc(Br)cc1. The average molecular weight is 410 g/mol. The number of aromatic hydroxyl groups is 2. The van der Waals surface area contributed by atoms with Gasteiger partial charge in [-0.1, -0.05) is 32.7 Å². The highest BCUT2D eigenvalue weighted by molar-refractivity contribution is 9.10. The third-order valence-electron chi connectivity index (χ3n) is 3.23. The Labute approximate surface area is 149 Å².